The summed E-state index contributed by atoms with van der Waals surface area (Å²) in [4.78, 5) is 0. The number of nitrogens with zero attached hydrogens (tertiary/aromatic N) is 1. The Labute approximate surface area is 126 Å². The Hall–Kier alpha value is -2.22. The minimum atomic E-state index is 1.12. The molecule has 0 spiro atoms. The lowest BCUT2D eigenvalue weighted by Crippen LogP contribution is -2.00. The lowest BCUT2D eigenvalue weighted by Gasteiger charge is -2.08. The first kappa shape index (κ1) is 13.7. The molecule has 1 aromatic heterocycles. The number of aromatic nitrogens is 1. The minimum absolute atomic E-state index is 1.12. The van der Waals surface area contributed by atoms with Crippen molar-refractivity contribution in [3.8, 4) is 0 Å². The van der Waals surface area contributed by atoms with Crippen LogP contribution in [0, 0.1) is 0 Å². The quantitative estimate of drug-likeness (QED) is 0.779. The zero-order chi connectivity index (χ0) is 14.8. The van der Waals surface area contributed by atoms with Crippen molar-refractivity contribution in [1.29, 1.82) is 0 Å². The van der Waals surface area contributed by atoms with Crippen molar-refractivity contribution >= 4 is 22.7 Å². The highest BCUT2D eigenvalue weighted by Crippen LogP contribution is 2.32. The molecule has 21 heavy (non-hydrogen) atoms. The number of hydrogen-bond donors (Lipinski definition) is 1. The van der Waals surface area contributed by atoms with Gasteiger partial charge in [0.1, 0.15) is 0 Å². The number of aryl methyl sites for hydroxylation is 1. The minimum Gasteiger partial charge on any atom is -0.356 e. The predicted molar refractivity (Wildman–Crippen MR) is 92.5 cm³/mol. The fourth-order valence-electron chi connectivity index (χ4n) is 3.06. The normalized spacial score (nSPS) is 14.9. The number of nitrogens with one attached hydrogen (secondary N) is 1. The van der Waals surface area contributed by atoms with Gasteiger partial charge >= 0.3 is 0 Å². The third-order valence-corrected chi connectivity index (χ3v) is 4.14. The van der Waals surface area contributed by atoms with Crippen LogP contribution in [-0.4, -0.2) is 4.57 Å². The van der Waals surface area contributed by atoms with Gasteiger partial charge in [0.15, 0.2) is 0 Å². The smallest absolute Gasteiger partial charge is 0.0507 e. The van der Waals surface area contributed by atoms with Gasteiger partial charge in [-0.05, 0) is 44.9 Å². The maximum Gasteiger partial charge on any atom is 0.0507 e. The Balaban J connectivity index is 2.05. The molecule has 0 radical (unpaired) electrons. The highest BCUT2D eigenvalue weighted by atomic mass is 15.0. The van der Waals surface area contributed by atoms with E-state index in [0.717, 1.165) is 24.2 Å². The standard InChI is InChI=1S/C19H22N2/c1-4-8-14(5-2)20-15-11-12-17-16-9-6-7-10-18(16)21(3)19(17)13-15/h4-6,8-9,11-13,20H,7,10H2,1-3H3/b8-4-,14-5+. The Bertz CT molecular complexity index is 757. The van der Waals surface area contributed by atoms with Gasteiger partial charge < -0.3 is 9.88 Å². The molecule has 0 aliphatic heterocycles. The first-order valence-corrected chi connectivity index (χ1v) is 7.58. The summed E-state index contributed by atoms with van der Waals surface area (Å²) in [6.07, 6.45) is 13.0. The van der Waals surface area contributed by atoms with Crippen LogP contribution in [0.3, 0.4) is 0 Å². The van der Waals surface area contributed by atoms with Crippen LogP contribution in [0.5, 0.6) is 0 Å². The summed E-state index contributed by atoms with van der Waals surface area (Å²) in [6, 6.07) is 6.64. The van der Waals surface area contributed by atoms with E-state index >= 15 is 0 Å². The molecule has 0 fully saturated rings. The molecule has 2 aromatic rings. The van der Waals surface area contributed by atoms with Gasteiger partial charge in [0.25, 0.3) is 0 Å². The van der Waals surface area contributed by atoms with Gasteiger partial charge in [-0.25, -0.2) is 0 Å². The van der Waals surface area contributed by atoms with E-state index in [0.29, 0.717) is 0 Å². The maximum atomic E-state index is 3.47. The molecule has 1 aliphatic rings. The van der Waals surface area contributed by atoms with Gasteiger partial charge in [-0.3, -0.25) is 0 Å². The van der Waals surface area contributed by atoms with Crippen molar-refractivity contribution in [2.75, 3.05) is 5.32 Å². The van der Waals surface area contributed by atoms with Crippen LogP contribution in [0.4, 0.5) is 5.69 Å². The monoisotopic (exact) mass is 278 g/mol. The van der Waals surface area contributed by atoms with Crippen LogP contribution in [0.15, 0.2) is 48.2 Å². The highest BCUT2D eigenvalue weighted by Gasteiger charge is 2.15. The van der Waals surface area contributed by atoms with Gasteiger partial charge in [-0.15, -0.1) is 0 Å². The molecule has 1 aromatic carbocycles. The number of anilines is 1. The lowest BCUT2D eigenvalue weighted by molar-refractivity contribution is 0.824. The van der Waals surface area contributed by atoms with Gasteiger partial charge in [0.2, 0.25) is 0 Å². The Morgan fingerprint density at radius 2 is 2.14 bits per heavy atom. The van der Waals surface area contributed by atoms with Crippen molar-refractivity contribution in [2.45, 2.75) is 26.7 Å². The SMILES string of the molecule is C/C=C\C(=C/C)Nc1ccc2c3c(n(C)c2c1)CCC=C3. The van der Waals surface area contributed by atoms with E-state index in [4.69, 9.17) is 0 Å². The average molecular weight is 278 g/mol. The van der Waals surface area contributed by atoms with Gasteiger partial charge in [-0.1, -0.05) is 30.4 Å². The number of allylic oxidation sites excluding steroid dienone is 4. The number of benzene rings is 1. The van der Waals surface area contributed by atoms with Crippen LogP contribution in [0.1, 0.15) is 31.5 Å². The predicted octanol–water partition coefficient (Wildman–Crippen LogP) is 5.03. The van der Waals surface area contributed by atoms with Crippen LogP contribution in [0.2, 0.25) is 0 Å². The van der Waals surface area contributed by atoms with E-state index in [1.165, 1.54) is 22.2 Å². The molecule has 0 unspecified atom stereocenters. The highest BCUT2D eigenvalue weighted by molar-refractivity contribution is 5.93. The van der Waals surface area contributed by atoms with Crippen LogP contribution in [-0.2, 0) is 13.5 Å². The third-order valence-electron chi connectivity index (χ3n) is 4.14. The second-order valence-electron chi connectivity index (χ2n) is 5.46. The largest absolute Gasteiger partial charge is 0.356 e. The van der Waals surface area contributed by atoms with E-state index in [1.807, 2.05) is 19.9 Å². The van der Waals surface area contributed by atoms with Crippen molar-refractivity contribution in [3.05, 3.63) is 59.5 Å². The van der Waals surface area contributed by atoms with Gasteiger partial charge in [0, 0.05) is 35.1 Å². The lowest BCUT2D eigenvalue weighted by atomic mass is 10.0. The summed E-state index contributed by atoms with van der Waals surface area (Å²) in [5.41, 5.74) is 6.40. The molecule has 108 valence electrons. The molecule has 0 atom stereocenters. The first-order valence-electron chi connectivity index (χ1n) is 7.58. The second-order valence-corrected chi connectivity index (χ2v) is 5.46. The number of hydrogen-bond acceptors (Lipinski definition) is 1. The Morgan fingerprint density at radius 3 is 2.90 bits per heavy atom. The van der Waals surface area contributed by atoms with E-state index < -0.39 is 0 Å². The number of rotatable bonds is 3. The molecule has 1 aliphatic carbocycles. The molecule has 0 amide bonds. The van der Waals surface area contributed by atoms with E-state index in [9.17, 15) is 0 Å². The topological polar surface area (TPSA) is 17.0 Å². The summed E-state index contributed by atoms with van der Waals surface area (Å²) in [5, 5.41) is 4.82. The van der Waals surface area contributed by atoms with E-state index in [1.54, 1.807) is 0 Å². The van der Waals surface area contributed by atoms with Crippen LogP contribution < -0.4 is 5.32 Å². The fourth-order valence-corrected chi connectivity index (χ4v) is 3.06. The molecule has 0 bridgehead atoms. The van der Waals surface area contributed by atoms with Gasteiger partial charge in [-0.2, -0.15) is 0 Å². The average Bonchev–Trinajstić information content (AvgIpc) is 2.80. The molecule has 1 heterocycles. The Kier molecular flexibility index (Phi) is 3.70. The molecule has 3 rings (SSSR count). The number of fused-ring (bicyclic) bond motifs is 3. The summed E-state index contributed by atoms with van der Waals surface area (Å²) in [6.45, 7) is 4.08. The van der Waals surface area contributed by atoms with Gasteiger partial charge in [0.05, 0.1) is 5.52 Å². The molecule has 0 saturated carbocycles. The van der Waals surface area contributed by atoms with Crippen molar-refractivity contribution in [2.24, 2.45) is 7.05 Å². The molecular weight excluding hydrogens is 256 g/mol. The zero-order valence-corrected chi connectivity index (χ0v) is 13.0. The van der Waals surface area contributed by atoms with E-state index in [-0.39, 0.29) is 0 Å². The van der Waals surface area contributed by atoms with Crippen molar-refractivity contribution in [1.82, 2.24) is 4.57 Å². The fraction of sp³-hybridized carbons (Fsp3) is 0.263. The summed E-state index contributed by atoms with van der Waals surface area (Å²) < 4.78 is 2.34. The zero-order valence-electron chi connectivity index (χ0n) is 13.0. The molecule has 1 N–H and O–H groups in total. The summed E-state index contributed by atoms with van der Waals surface area (Å²) in [7, 11) is 2.17. The first-order chi connectivity index (χ1) is 10.2. The summed E-state index contributed by atoms with van der Waals surface area (Å²) in [5.74, 6) is 0. The molecule has 2 heteroatoms. The molecular formula is C19H22N2. The second kappa shape index (κ2) is 5.65. The van der Waals surface area contributed by atoms with E-state index in [2.05, 4.69) is 59.4 Å². The maximum absolute atomic E-state index is 3.47. The van der Waals surface area contributed by atoms with Crippen LogP contribution in [0.25, 0.3) is 17.0 Å². The van der Waals surface area contributed by atoms with Crippen molar-refractivity contribution < 1.29 is 0 Å². The molecule has 0 saturated heterocycles. The Morgan fingerprint density at radius 1 is 1.29 bits per heavy atom. The van der Waals surface area contributed by atoms with Crippen LogP contribution >= 0.6 is 0 Å². The molecule has 2 nitrogen and oxygen atoms in total. The third kappa shape index (κ3) is 2.42. The summed E-state index contributed by atoms with van der Waals surface area (Å²) >= 11 is 0. The van der Waals surface area contributed by atoms with Crippen molar-refractivity contribution in [3.63, 3.8) is 0 Å².